The zero-order valence-corrected chi connectivity index (χ0v) is 19.3. The molecule has 4 rings (SSSR count). The molecule has 178 valence electrons. The maximum Gasteiger partial charge on any atom is 0.338 e. The van der Waals surface area contributed by atoms with Crippen LogP contribution in [0.2, 0.25) is 0 Å². The molecule has 0 amide bonds. The summed E-state index contributed by atoms with van der Waals surface area (Å²) in [7, 11) is 3.09. The van der Waals surface area contributed by atoms with E-state index >= 15 is 0 Å². The fourth-order valence-corrected chi connectivity index (χ4v) is 3.30. The summed E-state index contributed by atoms with van der Waals surface area (Å²) in [6.45, 7) is 1.17. The number of rotatable bonds is 8. The maximum atomic E-state index is 12.5. The monoisotopic (exact) mass is 474 g/mol. The molecule has 0 fully saturated rings. The average molecular weight is 474 g/mol. The summed E-state index contributed by atoms with van der Waals surface area (Å²) in [6, 6.07) is 19.2. The van der Waals surface area contributed by atoms with E-state index in [0.717, 1.165) is 11.1 Å². The van der Waals surface area contributed by atoms with Gasteiger partial charge in [-0.15, -0.1) is 0 Å². The number of hydrogen-bond acceptors (Lipinski definition) is 9. The van der Waals surface area contributed by atoms with E-state index in [1.165, 1.54) is 14.0 Å². The number of aromatic nitrogens is 2. The molecule has 0 aliphatic rings. The highest BCUT2D eigenvalue weighted by Crippen LogP contribution is 2.31. The van der Waals surface area contributed by atoms with Crippen LogP contribution in [-0.4, -0.2) is 36.3 Å². The lowest BCUT2D eigenvalue weighted by Crippen LogP contribution is -2.05. The first-order chi connectivity index (χ1) is 17.0. The SMILES string of the molecule is COc1ccc(-c2noc(COC(=O)c3ccc(-c4ccc(OC(C)=O)cc4)cc3)n2)c(OC)c1. The van der Waals surface area contributed by atoms with Crippen LogP contribution in [0.5, 0.6) is 17.2 Å². The van der Waals surface area contributed by atoms with Crippen molar-refractivity contribution in [2.75, 3.05) is 14.2 Å². The minimum absolute atomic E-state index is 0.149. The van der Waals surface area contributed by atoms with Gasteiger partial charge in [-0.3, -0.25) is 4.79 Å². The number of methoxy groups -OCH3 is 2. The summed E-state index contributed by atoms with van der Waals surface area (Å²) < 4.78 is 26.1. The van der Waals surface area contributed by atoms with Gasteiger partial charge in [0.1, 0.15) is 17.2 Å². The molecular formula is C26H22N2O7. The molecule has 0 radical (unpaired) electrons. The molecule has 0 spiro atoms. The van der Waals surface area contributed by atoms with Crippen molar-refractivity contribution < 1.29 is 33.1 Å². The number of carbonyl (C=O) groups excluding carboxylic acids is 2. The highest BCUT2D eigenvalue weighted by Gasteiger charge is 2.16. The topological polar surface area (TPSA) is 110 Å². The molecule has 0 saturated carbocycles. The highest BCUT2D eigenvalue weighted by atomic mass is 16.6. The Hall–Kier alpha value is -4.66. The molecule has 1 heterocycles. The third kappa shape index (κ3) is 5.64. The molecular weight excluding hydrogens is 452 g/mol. The van der Waals surface area contributed by atoms with Gasteiger partial charge in [-0.2, -0.15) is 4.98 Å². The average Bonchev–Trinajstić information content (AvgIpc) is 3.36. The van der Waals surface area contributed by atoms with E-state index in [0.29, 0.717) is 34.2 Å². The van der Waals surface area contributed by atoms with E-state index in [-0.39, 0.29) is 18.5 Å². The van der Waals surface area contributed by atoms with Crippen molar-refractivity contribution in [1.29, 1.82) is 0 Å². The molecule has 1 aromatic heterocycles. The van der Waals surface area contributed by atoms with Gasteiger partial charge in [0.25, 0.3) is 5.89 Å². The molecule has 9 nitrogen and oxygen atoms in total. The minimum Gasteiger partial charge on any atom is -0.497 e. The summed E-state index contributed by atoms with van der Waals surface area (Å²) in [5.74, 6) is 1.18. The zero-order chi connectivity index (χ0) is 24.8. The van der Waals surface area contributed by atoms with Crippen LogP contribution in [0.25, 0.3) is 22.5 Å². The van der Waals surface area contributed by atoms with E-state index in [1.807, 2.05) is 12.1 Å². The Kier molecular flexibility index (Phi) is 7.06. The van der Waals surface area contributed by atoms with E-state index in [2.05, 4.69) is 10.1 Å². The second-order valence-electron chi connectivity index (χ2n) is 7.35. The number of benzene rings is 3. The first-order valence-corrected chi connectivity index (χ1v) is 10.6. The van der Waals surface area contributed by atoms with E-state index in [9.17, 15) is 9.59 Å². The number of hydrogen-bond donors (Lipinski definition) is 0. The van der Waals surface area contributed by atoms with Crippen LogP contribution in [0.4, 0.5) is 0 Å². The molecule has 3 aromatic carbocycles. The molecule has 9 heteroatoms. The van der Waals surface area contributed by atoms with Crippen molar-refractivity contribution >= 4 is 11.9 Å². The van der Waals surface area contributed by atoms with Crippen LogP contribution in [0, 0.1) is 0 Å². The number of ether oxygens (including phenoxy) is 4. The number of carbonyl (C=O) groups is 2. The standard InChI is InChI=1S/C26H22N2O7/c1-16(29)34-20-10-8-18(9-11-20)17-4-6-19(7-5-17)26(30)33-15-24-27-25(28-35-24)22-13-12-21(31-2)14-23(22)32-3/h4-14H,15H2,1-3H3. The first kappa shape index (κ1) is 23.5. The predicted molar refractivity (Wildman–Crippen MR) is 125 cm³/mol. The molecule has 0 atom stereocenters. The van der Waals surface area contributed by atoms with Crippen molar-refractivity contribution in [2.24, 2.45) is 0 Å². The van der Waals surface area contributed by atoms with Gasteiger partial charge in [0.05, 0.1) is 25.3 Å². The Morgan fingerprint density at radius 3 is 2.14 bits per heavy atom. The summed E-state index contributed by atoms with van der Waals surface area (Å²) in [4.78, 5) is 27.8. The summed E-state index contributed by atoms with van der Waals surface area (Å²) in [6.07, 6.45) is 0. The highest BCUT2D eigenvalue weighted by molar-refractivity contribution is 5.90. The third-order valence-electron chi connectivity index (χ3n) is 5.01. The van der Waals surface area contributed by atoms with Crippen molar-refractivity contribution in [1.82, 2.24) is 10.1 Å². The third-order valence-corrected chi connectivity index (χ3v) is 5.01. The predicted octanol–water partition coefficient (Wildman–Crippen LogP) is 4.70. The normalized spacial score (nSPS) is 10.5. The lowest BCUT2D eigenvalue weighted by molar-refractivity contribution is -0.131. The van der Waals surface area contributed by atoms with Gasteiger partial charge in [0.15, 0.2) is 6.61 Å². The lowest BCUT2D eigenvalue weighted by Gasteiger charge is -2.07. The number of nitrogens with zero attached hydrogens (tertiary/aromatic N) is 2. The Bertz CT molecular complexity index is 1330. The molecule has 0 saturated heterocycles. The number of esters is 2. The van der Waals surface area contributed by atoms with Gasteiger partial charge in [0, 0.05) is 13.0 Å². The fourth-order valence-electron chi connectivity index (χ4n) is 3.30. The lowest BCUT2D eigenvalue weighted by atomic mass is 10.0. The van der Waals surface area contributed by atoms with Gasteiger partial charge in [-0.05, 0) is 47.5 Å². The molecule has 0 bridgehead atoms. The second-order valence-corrected chi connectivity index (χ2v) is 7.35. The zero-order valence-electron chi connectivity index (χ0n) is 19.3. The Morgan fingerprint density at radius 1 is 0.857 bits per heavy atom. The van der Waals surface area contributed by atoms with Crippen LogP contribution in [-0.2, 0) is 16.1 Å². The minimum atomic E-state index is -0.525. The molecule has 4 aromatic rings. The summed E-state index contributed by atoms with van der Waals surface area (Å²) >= 11 is 0. The van der Waals surface area contributed by atoms with Crippen LogP contribution in [0.15, 0.2) is 71.3 Å². The molecule has 0 unspecified atom stereocenters. The molecule has 0 aliphatic carbocycles. The van der Waals surface area contributed by atoms with Crippen LogP contribution in [0.1, 0.15) is 23.2 Å². The van der Waals surface area contributed by atoms with Gasteiger partial charge in [0.2, 0.25) is 5.82 Å². The van der Waals surface area contributed by atoms with Gasteiger partial charge in [-0.1, -0.05) is 29.4 Å². The van der Waals surface area contributed by atoms with E-state index in [4.69, 9.17) is 23.5 Å². The van der Waals surface area contributed by atoms with Gasteiger partial charge in [-0.25, -0.2) is 4.79 Å². The Labute approximate surface area is 201 Å². The molecule has 0 N–H and O–H groups in total. The van der Waals surface area contributed by atoms with Crippen molar-refractivity contribution in [2.45, 2.75) is 13.5 Å². The van der Waals surface area contributed by atoms with Gasteiger partial charge >= 0.3 is 11.9 Å². The smallest absolute Gasteiger partial charge is 0.338 e. The molecule has 0 aliphatic heterocycles. The summed E-state index contributed by atoms with van der Waals surface area (Å²) in [5, 5.41) is 3.94. The van der Waals surface area contributed by atoms with Crippen molar-refractivity contribution in [3.05, 3.63) is 78.2 Å². The van der Waals surface area contributed by atoms with E-state index in [1.54, 1.807) is 61.7 Å². The largest absolute Gasteiger partial charge is 0.497 e. The van der Waals surface area contributed by atoms with Crippen LogP contribution in [0.3, 0.4) is 0 Å². The second kappa shape index (κ2) is 10.5. The van der Waals surface area contributed by atoms with Crippen molar-refractivity contribution in [3.63, 3.8) is 0 Å². The maximum absolute atomic E-state index is 12.5. The Morgan fingerprint density at radius 2 is 1.51 bits per heavy atom. The fraction of sp³-hybridized carbons (Fsp3) is 0.154. The Balaban J connectivity index is 1.38. The van der Waals surface area contributed by atoms with Crippen molar-refractivity contribution in [3.8, 4) is 39.8 Å². The molecule has 35 heavy (non-hydrogen) atoms. The van der Waals surface area contributed by atoms with Crippen LogP contribution >= 0.6 is 0 Å². The van der Waals surface area contributed by atoms with Gasteiger partial charge < -0.3 is 23.5 Å². The van der Waals surface area contributed by atoms with E-state index < -0.39 is 5.97 Å². The summed E-state index contributed by atoms with van der Waals surface area (Å²) in [5.41, 5.74) is 2.80. The quantitative estimate of drug-likeness (QED) is 0.265. The van der Waals surface area contributed by atoms with Crippen LogP contribution < -0.4 is 14.2 Å². The first-order valence-electron chi connectivity index (χ1n) is 10.6.